The molecule has 0 heterocycles. The zero-order valence-corrected chi connectivity index (χ0v) is 11.2. The normalized spacial score (nSPS) is 10.7. The van der Waals surface area contributed by atoms with E-state index in [-0.39, 0.29) is 23.7 Å². The lowest BCUT2D eigenvalue weighted by Crippen LogP contribution is -2.07. The van der Waals surface area contributed by atoms with Crippen molar-refractivity contribution in [1.82, 2.24) is 0 Å². The van der Waals surface area contributed by atoms with Gasteiger partial charge in [-0.25, -0.2) is 4.39 Å². The van der Waals surface area contributed by atoms with Crippen molar-refractivity contribution in [2.45, 2.75) is 26.2 Å². The fourth-order valence-corrected chi connectivity index (χ4v) is 1.99. The van der Waals surface area contributed by atoms with E-state index in [4.69, 9.17) is 0 Å². The predicted octanol–water partition coefficient (Wildman–Crippen LogP) is 4.37. The number of Topliss-reactive ketones (excluding diaryl/α,β-unsaturated/α-hetero) is 1. The third-order valence-corrected chi connectivity index (χ3v) is 3.16. The Morgan fingerprint density at radius 1 is 1.11 bits per heavy atom. The fourth-order valence-electron chi connectivity index (χ4n) is 1.99. The summed E-state index contributed by atoms with van der Waals surface area (Å²) in [5, 5.41) is 0. The molecule has 0 N–H and O–H groups in total. The van der Waals surface area contributed by atoms with Gasteiger partial charge in [-0.3, -0.25) is 4.79 Å². The molecule has 2 aromatic rings. The summed E-state index contributed by atoms with van der Waals surface area (Å²) >= 11 is 0. The van der Waals surface area contributed by atoms with Gasteiger partial charge in [-0.05, 0) is 29.2 Å². The maximum atomic E-state index is 13.8. The Hall–Kier alpha value is -1.96. The highest BCUT2D eigenvalue weighted by Crippen LogP contribution is 2.19. The van der Waals surface area contributed by atoms with Crippen LogP contribution in [0.3, 0.4) is 0 Å². The lowest BCUT2D eigenvalue weighted by atomic mass is 9.96. The van der Waals surface area contributed by atoms with Crippen LogP contribution in [0.4, 0.5) is 4.39 Å². The molecular formula is C17H17FO. The first-order chi connectivity index (χ1) is 9.08. The van der Waals surface area contributed by atoms with Crippen molar-refractivity contribution in [3.05, 3.63) is 71.0 Å². The van der Waals surface area contributed by atoms with Gasteiger partial charge in [-0.1, -0.05) is 50.2 Å². The smallest absolute Gasteiger partial charge is 0.170 e. The maximum Gasteiger partial charge on any atom is 0.170 e. The van der Waals surface area contributed by atoms with Gasteiger partial charge >= 0.3 is 0 Å². The second-order valence-electron chi connectivity index (χ2n) is 4.98. The Labute approximate surface area is 113 Å². The molecule has 2 heteroatoms. The molecule has 0 unspecified atom stereocenters. The van der Waals surface area contributed by atoms with E-state index in [1.54, 1.807) is 12.1 Å². The summed E-state index contributed by atoms with van der Waals surface area (Å²) in [7, 11) is 0. The van der Waals surface area contributed by atoms with Crippen molar-refractivity contribution < 1.29 is 9.18 Å². The van der Waals surface area contributed by atoms with Gasteiger partial charge in [0.2, 0.25) is 0 Å². The summed E-state index contributed by atoms with van der Waals surface area (Å²) in [6.07, 6.45) is 0.235. The first-order valence-electron chi connectivity index (χ1n) is 6.44. The molecule has 0 amide bonds. The van der Waals surface area contributed by atoms with Crippen LogP contribution in [0.15, 0.2) is 48.5 Å². The van der Waals surface area contributed by atoms with Crippen LogP contribution in [-0.2, 0) is 6.42 Å². The fraction of sp³-hybridized carbons (Fsp3) is 0.235. The van der Waals surface area contributed by atoms with Gasteiger partial charge in [0.15, 0.2) is 5.78 Å². The number of halogens is 1. The van der Waals surface area contributed by atoms with E-state index in [0.29, 0.717) is 0 Å². The highest BCUT2D eigenvalue weighted by atomic mass is 19.1. The number of benzene rings is 2. The predicted molar refractivity (Wildman–Crippen MR) is 75.0 cm³/mol. The lowest BCUT2D eigenvalue weighted by molar-refractivity contribution is 0.0989. The molecule has 0 spiro atoms. The quantitative estimate of drug-likeness (QED) is 0.742. The highest BCUT2D eigenvalue weighted by Gasteiger charge is 2.14. The van der Waals surface area contributed by atoms with Crippen molar-refractivity contribution >= 4 is 5.78 Å². The van der Waals surface area contributed by atoms with Gasteiger partial charge in [0.25, 0.3) is 0 Å². The molecular weight excluding hydrogens is 239 g/mol. The van der Waals surface area contributed by atoms with Gasteiger partial charge in [0.05, 0.1) is 5.56 Å². The Morgan fingerprint density at radius 3 is 2.42 bits per heavy atom. The SMILES string of the molecule is CC(C)c1ccc(F)c(C(=O)Cc2ccccc2)c1. The van der Waals surface area contributed by atoms with E-state index in [0.717, 1.165) is 11.1 Å². The Morgan fingerprint density at radius 2 is 1.79 bits per heavy atom. The average Bonchev–Trinajstić information content (AvgIpc) is 2.40. The minimum Gasteiger partial charge on any atom is -0.294 e. The Bertz CT molecular complexity index is 573. The van der Waals surface area contributed by atoms with Crippen LogP contribution < -0.4 is 0 Å². The number of carbonyl (C=O) groups is 1. The number of ketones is 1. The van der Waals surface area contributed by atoms with Gasteiger partial charge in [0.1, 0.15) is 5.82 Å². The second kappa shape index (κ2) is 5.79. The van der Waals surface area contributed by atoms with Crippen LogP contribution in [0, 0.1) is 5.82 Å². The van der Waals surface area contributed by atoms with Crippen LogP contribution in [0.2, 0.25) is 0 Å². The zero-order chi connectivity index (χ0) is 13.8. The van der Waals surface area contributed by atoms with Gasteiger partial charge in [-0.15, -0.1) is 0 Å². The van der Waals surface area contributed by atoms with E-state index < -0.39 is 5.82 Å². The maximum absolute atomic E-state index is 13.8. The number of rotatable bonds is 4. The summed E-state index contributed by atoms with van der Waals surface area (Å²) in [5.41, 5.74) is 2.08. The summed E-state index contributed by atoms with van der Waals surface area (Å²) < 4.78 is 13.8. The summed E-state index contributed by atoms with van der Waals surface area (Å²) in [6, 6.07) is 14.2. The van der Waals surface area contributed by atoms with Crippen LogP contribution in [0.5, 0.6) is 0 Å². The molecule has 0 saturated carbocycles. The molecule has 0 saturated heterocycles. The van der Waals surface area contributed by atoms with Crippen molar-refractivity contribution in [2.24, 2.45) is 0 Å². The molecule has 0 aliphatic carbocycles. The Kier molecular flexibility index (Phi) is 4.10. The zero-order valence-electron chi connectivity index (χ0n) is 11.2. The molecule has 98 valence electrons. The molecule has 0 aliphatic heterocycles. The lowest BCUT2D eigenvalue weighted by Gasteiger charge is -2.09. The van der Waals surface area contributed by atoms with E-state index in [2.05, 4.69) is 0 Å². The van der Waals surface area contributed by atoms with Gasteiger partial charge in [-0.2, -0.15) is 0 Å². The van der Waals surface area contributed by atoms with Crippen molar-refractivity contribution in [2.75, 3.05) is 0 Å². The van der Waals surface area contributed by atoms with E-state index in [1.165, 1.54) is 6.07 Å². The van der Waals surface area contributed by atoms with Gasteiger partial charge in [0, 0.05) is 6.42 Å². The monoisotopic (exact) mass is 256 g/mol. The van der Waals surface area contributed by atoms with Crippen LogP contribution in [-0.4, -0.2) is 5.78 Å². The Balaban J connectivity index is 2.26. The van der Waals surface area contributed by atoms with E-state index in [9.17, 15) is 9.18 Å². The topological polar surface area (TPSA) is 17.1 Å². The summed E-state index contributed by atoms with van der Waals surface area (Å²) in [5.74, 6) is -0.333. The van der Waals surface area contributed by atoms with Crippen LogP contribution in [0.1, 0.15) is 41.3 Å². The molecule has 0 aliphatic rings. The van der Waals surface area contributed by atoms with Crippen molar-refractivity contribution in [1.29, 1.82) is 0 Å². The molecule has 2 rings (SSSR count). The van der Waals surface area contributed by atoms with Crippen molar-refractivity contribution in [3.8, 4) is 0 Å². The van der Waals surface area contributed by atoms with Crippen LogP contribution in [0.25, 0.3) is 0 Å². The van der Waals surface area contributed by atoms with Crippen LogP contribution >= 0.6 is 0 Å². The number of hydrogen-bond donors (Lipinski definition) is 0. The van der Waals surface area contributed by atoms with Gasteiger partial charge < -0.3 is 0 Å². The molecule has 0 atom stereocenters. The molecule has 19 heavy (non-hydrogen) atoms. The summed E-state index contributed by atoms with van der Waals surface area (Å²) in [6.45, 7) is 4.05. The first-order valence-corrected chi connectivity index (χ1v) is 6.44. The van der Waals surface area contributed by atoms with E-state index in [1.807, 2.05) is 44.2 Å². The standard InChI is InChI=1S/C17H17FO/c1-12(2)14-8-9-16(18)15(11-14)17(19)10-13-6-4-3-5-7-13/h3-9,11-12H,10H2,1-2H3. The number of carbonyl (C=O) groups excluding carboxylic acids is 1. The first kappa shape index (κ1) is 13.5. The highest BCUT2D eigenvalue weighted by molar-refractivity contribution is 5.97. The average molecular weight is 256 g/mol. The third-order valence-electron chi connectivity index (χ3n) is 3.16. The largest absolute Gasteiger partial charge is 0.294 e. The van der Waals surface area contributed by atoms with Crippen molar-refractivity contribution in [3.63, 3.8) is 0 Å². The molecule has 2 aromatic carbocycles. The summed E-state index contributed by atoms with van der Waals surface area (Å²) in [4.78, 5) is 12.2. The molecule has 0 bridgehead atoms. The molecule has 0 fully saturated rings. The molecule has 1 nitrogen and oxygen atoms in total. The molecule has 0 aromatic heterocycles. The number of hydrogen-bond acceptors (Lipinski definition) is 1. The molecule has 0 radical (unpaired) electrons. The van der Waals surface area contributed by atoms with E-state index >= 15 is 0 Å². The third kappa shape index (κ3) is 3.28. The second-order valence-corrected chi connectivity index (χ2v) is 4.98. The minimum atomic E-state index is -0.440. The minimum absolute atomic E-state index is 0.175.